The number of hydrazone groups is 1. The summed E-state index contributed by atoms with van der Waals surface area (Å²) in [6, 6.07) is 2.55. The van der Waals surface area contributed by atoms with E-state index >= 15 is 0 Å². The molecule has 0 aromatic heterocycles. The third-order valence-corrected chi connectivity index (χ3v) is 0.759. The monoisotopic (exact) mass is 239 g/mol. The Bertz CT molecular complexity index is 112. The standard InChI is InChI=1S/C5H10IN3/c1-5(6)7-4-8-9(2)3/h5H,1-3H3. The molecule has 52 valence electrons. The lowest BCUT2D eigenvalue weighted by molar-refractivity contribution is 0.440. The second-order valence-electron chi connectivity index (χ2n) is 1.75. The third-order valence-electron chi connectivity index (χ3n) is 0.480. The Morgan fingerprint density at radius 1 is 1.56 bits per heavy atom. The van der Waals surface area contributed by atoms with Gasteiger partial charge in [0.15, 0.2) is 0 Å². The first-order chi connectivity index (χ1) is 4.13. The van der Waals surface area contributed by atoms with Crippen molar-refractivity contribution in [3.8, 4) is 0 Å². The van der Waals surface area contributed by atoms with Gasteiger partial charge in [0.2, 0.25) is 0 Å². The highest BCUT2D eigenvalue weighted by atomic mass is 127. The van der Waals surface area contributed by atoms with Crippen LogP contribution in [-0.2, 0) is 0 Å². The summed E-state index contributed by atoms with van der Waals surface area (Å²) in [7, 11) is 3.67. The fourth-order valence-corrected chi connectivity index (χ4v) is 0.319. The molecule has 0 heterocycles. The highest BCUT2D eigenvalue weighted by Gasteiger charge is 1.82. The molecular weight excluding hydrogens is 229 g/mol. The van der Waals surface area contributed by atoms with Gasteiger partial charge in [-0.05, 0) is 6.92 Å². The van der Waals surface area contributed by atoms with Gasteiger partial charge in [0.05, 0.1) is 0 Å². The van der Waals surface area contributed by atoms with Crippen LogP contribution in [0, 0.1) is 0 Å². The molecule has 0 N–H and O–H groups in total. The van der Waals surface area contributed by atoms with Crippen molar-refractivity contribution in [3.63, 3.8) is 0 Å². The number of hydrogen-bond donors (Lipinski definition) is 0. The molecule has 0 saturated carbocycles. The van der Waals surface area contributed by atoms with Crippen molar-refractivity contribution in [2.75, 3.05) is 14.1 Å². The van der Waals surface area contributed by atoms with Gasteiger partial charge < -0.3 is 0 Å². The van der Waals surface area contributed by atoms with Crippen molar-refractivity contribution < 1.29 is 0 Å². The molecule has 0 spiro atoms. The van der Waals surface area contributed by atoms with Gasteiger partial charge in [-0.3, -0.25) is 5.01 Å². The van der Waals surface area contributed by atoms with E-state index < -0.39 is 0 Å². The lowest BCUT2D eigenvalue weighted by Crippen LogP contribution is -1.99. The minimum absolute atomic E-state index is 0.256. The largest absolute Gasteiger partial charge is 0.294 e. The summed E-state index contributed by atoms with van der Waals surface area (Å²) in [6.07, 6.45) is 0. The number of hydrogen-bond acceptors (Lipinski definition) is 3. The van der Waals surface area contributed by atoms with Gasteiger partial charge in [0.1, 0.15) is 10.1 Å². The Hall–Kier alpha value is -0.0900. The maximum atomic E-state index is 3.89. The van der Waals surface area contributed by atoms with E-state index in [1.807, 2.05) is 21.0 Å². The van der Waals surface area contributed by atoms with E-state index in [9.17, 15) is 0 Å². The van der Waals surface area contributed by atoms with Crippen molar-refractivity contribution in [1.82, 2.24) is 5.01 Å². The summed E-state index contributed by atoms with van der Waals surface area (Å²) in [5.74, 6) is 0. The molecule has 3 nitrogen and oxygen atoms in total. The molecule has 0 radical (unpaired) electrons. The molecule has 9 heavy (non-hydrogen) atoms. The van der Waals surface area contributed by atoms with Crippen LogP contribution in [-0.4, -0.2) is 29.2 Å². The molecule has 1 atom stereocenters. The van der Waals surface area contributed by atoms with Crippen molar-refractivity contribution >= 4 is 28.6 Å². The molecule has 0 bridgehead atoms. The zero-order valence-corrected chi connectivity index (χ0v) is 7.95. The summed E-state index contributed by atoms with van der Waals surface area (Å²) in [5, 5.41) is 5.43. The molecule has 0 rings (SSSR count). The molecule has 0 saturated heterocycles. The van der Waals surface area contributed by atoms with Crippen LogP contribution < -0.4 is 0 Å². The maximum absolute atomic E-state index is 3.89. The number of nitrogens with zero attached hydrogens (tertiary/aromatic N) is 3. The maximum Gasteiger partial charge on any atom is 0.115 e. The fraction of sp³-hybridized carbons (Fsp3) is 0.800. The quantitative estimate of drug-likeness (QED) is 0.235. The molecule has 0 fully saturated rings. The predicted octanol–water partition coefficient (Wildman–Crippen LogP) is 1.42. The second kappa shape index (κ2) is 4.76. The Morgan fingerprint density at radius 3 is 2.44 bits per heavy atom. The van der Waals surface area contributed by atoms with E-state index in [4.69, 9.17) is 0 Å². The topological polar surface area (TPSA) is 28.0 Å². The highest BCUT2D eigenvalue weighted by Crippen LogP contribution is 1.96. The first-order valence-electron chi connectivity index (χ1n) is 2.60. The van der Waals surface area contributed by atoms with Crippen LogP contribution in [0.3, 0.4) is 0 Å². The smallest absolute Gasteiger partial charge is 0.115 e. The number of aliphatic imine (C=N–C) groups is 1. The van der Waals surface area contributed by atoms with Gasteiger partial charge >= 0.3 is 0 Å². The van der Waals surface area contributed by atoms with Gasteiger partial charge in [0.25, 0.3) is 0 Å². The molecule has 0 aliphatic carbocycles. The van der Waals surface area contributed by atoms with E-state index in [1.54, 1.807) is 5.01 Å². The van der Waals surface area contributed by atoms with Crippen LogP contribution in [0.4, 0.5) is 0 Å². The van der Waals surface area contributed by atoms with Gasteiger partial charge in [-0.1, -0.05) is 22.6 Å². The molecule has 0 aliphatic rings. The third kappa shape index (κ3) is 7.91. The summed E-state index contributed by atoms with van der Waals surface area (Å²) in [6.45, 7) is 1.97. The molecule has 0 aliphatic heterocycles. The summed E-state index contributed by atoms with van der Waals surface area (Å²) < 4.78 is 0.256. The Kier molecular flexibility index (Phi) is 4.71. The first kappa shape index (κ1) is 8.91. The fourth-order valence-electron chi connectivity index (χ4n) is 0.195. The van der Waals surface area contributed by atoms with E-state index in [2.05, 4.69) is 38.7 Å². The second-order valence-corrected chi connectivity index (χ2v) is 3.55. The van der Waals surface area contributed by atoms with E-state index in [1.165, 1.54) is 0 Å². The molecule has 0 aromatic rings. The number of halogens is 1. The molecule has 0 amide bonds. The van der Waals surface area contributed by atoms with Crippen molar-refractivity contribution in [2.24, 2.45) is 10.1 Å². The average molecular weight is 239 g/mol. The normalized spacial score (nSPS) is 11.6. The lowest BCUT2D eigenvalue weighted by atomic mass is 10.8. The molecular formula is C5H10IN3. The molecule has 1 unspecified atom stereocenters. The van der Waals surface area contributed by atoms with Gasteiger partial charge in [-0.2, -0.15) is 0 Å². The summed E-state index contributed by atoms with van der Waals surface area (Å²) >= 11 is 2.18. The van der Waals surface area contributed by atoms with Gasteiger partial charge in [0, 0.05) is 14.1 Å². The molecule has 0 aromatic carbocycles. The van der Waals surface area contributed by atoms with E-state index in [-0.39, 0.29) is 4.05 Å². The van der Waals surface area contributed by atoms with E-state index in [0.29, 0.717) is 0 Å². The van der Waals surface area contributed by atoms with Crippen LogP contribution >= 0.6 is 22.6 Å². The predicted molar refractivity (Wildman–Crippen MR) is 47.0 cm³/mol. The van der Waals surface area contributed by atoms with Crippen LogP contribution in [0.25, 0.3) is 0 Å². The zero-order valence-electron chi connectivity index (χ0n) is 5.80. The van der Waals surface area contributed by atoms with Gasteiger partial charge in [-0.25, -0.2) is 4.99 Å². The first-order valence-corrected chi connectivity index (χ1v) is 3.84. The Balaban J connectivity index is 3.67. The summed E-state index contributed by atoms with van der Waals surface area (Å²) in [4.78, 5) is 3.89. The summed E-state index contributed by atoms with van der Waals surface area (Å²) in [5.41, 5.74) is 0. The Morgan fingerprint density at radius 2 is 2.11 bits per heavy atom. The van der Waals surface area contributed by atoms with Gasteiger partial charge in [-0.15, -0.1) is 5.10 Å². The van der Waals surface area contributed by atoms with Crippen LogP contribution in [0.1, 0.15) is 6.92 Å². The minimum atomic E-state index is 0.256. The zero-order chi connectivity index (χ0) is 7.28. The van der Waals surface area contributed by atoms with Crippen molar-refractivity contribution in [2.45, 2.75) is 11.0 Å². The number of rotatable bonds is 2. The van der Waals surface area contributed by atoms with E-state index in [0.717, 1.165) is 0 Å². The average Bonchev–Trinajstić information content (AvgIpc) is 1.63. The van der Waals surface area contributed by atoms with Crippen LogP contribution in [0.2, 0.25) is 0 Å². The Labute approximate surface area is 69.0 Å². The van der Waals surface area contributed by atoms with Crippen LogP contribution in [0.5, 0.6) is 0 Å². The minimum Gasteiger partial charge on any atom is -0.294 e. The van der Waals surface area contributed by atoms with Crippen molar-refractivity contribution in [3.05, 3.63) is 0 Å². The number of alkyl halides is 1. The highest BCUT2D eigenvalue weighted by molar-refractivity contribution is 14.1. The van der Waals surface area contributed by atoms with Crippen LogP contribution in [0.15, 0.2) is 10.1 Å². The van der Waals surface area contributed by atoms with Crippen molar-refractivity contribution in [1.29, 1.82) is 0 Å². The SMILES string of the molecule is CC(I)N=C=NN(C)C. The lowest BCUT2D eigenvalue weighted by Gasteiger charge is -1.96. The molecule has 4 heteroatoms.